The molecule has 10 heteroatoms. The first-order valence-electron chi connectivity index (χ1n) is 12.9. The van der Waals surface area contributed by atoms with Crippen molar-refractivity contribution in [2.45, 2.75) is 12.6 Å². The molecule has 1 unspecified atom stereocenters. The molecule has 0 radical (unpaired) electrons. The van der Waals surface area contributed by atoms with E-state index >= 15 is 0 Å². The quantitative estimate of drug-likeness (QED) is 0.321. The summed E-state index contributed by atoms with van der Waals surface area (Å²) >= 11 is 0. The zero-order valence-corrected chi connectivity index (χ0v) is 21.3. The summed E-state index contributed by atoms with van der Waals surface area (Å²) in [6.45, 7) is 1.82. The van der Waals surface area contributed by atoms with E-state index in [1.165, 1.54) is 22.4 Å². The number of aromatic amines is 1. The van der Waals surface area contributed by atoms with Gasteiger partial charge in [0.1, 0.15) is 17.7 Å². The number of para-hydroxylation sites is 3. The standard InChI is InChI=1S/C30H24FN7O2/c31-23-10-4-5-11-24(23)38-28-21(27-22(29(38)39)16-34-36-27)15-33-30(35-28)32-14-20-18-37(17-19-8-2-1-3-9-19)25-12-6-7-13-26(25)40-20/h1-13,15-16,20H,14,17-18H2,(H,34,36)(H,32,33,35). The normalized spacial score (nSPS) is 14.7. The van der Waals surface area contributed by atoms with Crippen LogP contribution in [0.4, 0.5) is 16.0 Å². The molecule has 0 fully saturated rings. The van der Waals surface area contributed by atoms with Crippen LogP contribution in [-0.2, 0) is 6.54 Å². The van der Waals surface area contributed by atoms with Gasteiger partial charge >= 0.3 is 0 Å². The molecule has 0 spiro atoms. The highest BCUT2D eigenvalue weighted by Crippen LogP contribution is 2.34. The second-order valence-electron chi connectivity index (χ2n) is 9.64. The van der Waals surface area contributed by atoms with Crippen LogP contribution in [0, 0.1) is 5.82 Å². The molecule has 0 bridgehead atoms. The number of fused-ring (bicyclic) bond motifs is 4. The third-order valence-electron chi connectivity index (χ3n) is 7.04. The van der Waals surface area contributed by atoms with Gasteiger partial charge in [0.15, 0.2) is 5.65 Å². The monoisotopic (exact) mass is 533 g/mol. The third-order valence-corrected chi connectivity index (χ3v) is 7.04. The third kappa shape index (κ3) is 4.19. The van der Waals surface area contributed by atoms with Crippen molar-refractivity contribution in [3.8, 4) is 11.4 Å². The van der Waals surface area contributed by atoms with Gasteiger partial charge in [-0.2, -0.15) is 10.1 Å². The van der Waals surface area contributed by atoms with E-state index in [1.807, 2.05) is 36.4 Å². The summed E-state index contributed by atoms with van der Waals surface area (Å²) in [6.07, 6.45) is 2.85. The van der Waals surface area contributed by atoms with E-state index in [0.29, 0.717) is 35.3 Å². The van der Waals surface area contributed by atoms with Gasteiger partial charge in [-0.15, -0.1) is 0 Å². The SMILES string of the molecule is O=c1c2cn[nH]c2c2cnc(NCC3CN(Cc4ccccc4)c4ccccc4O3)nc2n1-c1ccccc1F. The van der Waals surface area contributed by atoms with Gasteiger partial charge in [-0.3, -0.25) is 14.5 Å². The summed E-state index contributed by atoms with van der Waals surface area (Å²) in [5.74, 6) is 0.577. The minimum absolute atomic E-state index is 0.106. The van der Waals surface area contributed by atoms with Gasteiger partial charge in [-0.25, -0.2) is 9.37 Å². The average Bonchev–Trinajstić information content (AvgIpc) is 3.48. The van der Waals surface area contributed by atoms with Crippen molar-refractivity contribution in [2.75, 3.05) is 23.3 Å². The van der Waals surface area contributed by atoms with Crippen molar-refractivity contribution >= 4 is 33.6 Å². The first kappa shape index (κ1) is 23.8. The fourth-order valence-corrected chi connectivity index (χ4v) is 5.18. The Labute approximate surface area is 227 Å². The Balaban J connectivity index is 1.21. The van der Waals surface area contributed by atoms with Crippen LogP contribution in [-0.4, -0.2) is 43.9 Å². The number of nitrogens with one attached hydrogen (secondary N) is 2. The molecule has 198 valence electrons. The highest BCUT2D eigenvalue weighted by atomic mass is 19.1. The lowest BCUT2D eigenvalue weighted by Gasteiger charge is -2.36. The predicted octanol–water partition coefficient (Wildman–Crippen LogP) is 4.68. The van der Waals surface area contributed by atoms with Crippen molar-refractivity contribution in [1.29, 1.82) is 0 Å². The van der Waals surface area contributed by atoms with E-state index in [9.17, 15) is 9.18 Å². The number of H-pyrrole nitrogens is 1. The number of benzene rings is 3. The van der Waals surface area contributed by atoms with Gasteiger partial charge in [0.05, 0.1) is 47.0 Å². The maximum Gasteiger partial charge on any atom is 0.267 e. The summed E-state index contributed by atoms with van der Waals surface area (Å²) in [7, 11) is 0. The number of anilines is 2. The summed E-state index contributed by atoms with van der Waals surface area (Å²) in [4.78, 5) is 24.9. The van der Waals surface area contributed by atoms with Crippen LogP contribution in [0.5, 0.6) is 5.75 Å². The molecule has 9 nitrogen and oxygen atoms in total. The second kappa shape index (κ2) is 9.81. The average molecular weight is 534 g/mol. The Morgan fingerprint density at radius 3 is 2.58 bits per heavy atom. The Morgan fingerprint density at radius 1 is 0.950 bits per heavy atom. The predicted molar refractivity (Wildman–Crippen MR) is 152 cm³/mol. The van der Waals surface area contributed by atoms with Gasteiger partial charge in [-0.1, -0.05) is 54.6 Å². The fourth-order valence-electron chi connectivity index (χ4n) is 5.18. The lowest BCUT2D eigenvalue weighted by atomic mass is 10.1. The topological polar surface area (TPSA) is 101 Å². The van der Waals surface area contributed by atoms with Crippen molar-refractivity contribution in [3.63, 3.8) is 0 Å². The summed E-state index contributed by atoms with van der Waals surface area (Å²) < 4.78 is 22.4. The van der Waals surface area contributed by atoms with E-state index in [0.717, 1.165) is 18.0 Å². The summed E-state index contributed by atoms with van der Waals surface area (Å²) in [6, 6.07) is 24.4. The highest BCUT2D eigenvalue weighted by Gasteiger charge is 2.26. The van der Waals surface area contributed by atoms with E-state index in [2.05, 4.69) is 48.6 Å². The molecule has 0 saturated carbocycles. The van der Waals surface area contributed by atoms with Gasteiger partial charge < -0.3 is 15.0 Å². The summed E-state index contributed by atoms with van der Waals surface area (Å²) in [5.41, 5.74) is 2.71. The molecule has 0 saturated heterocycles. The fraction of sp³-hybridized carbons (Fsp3) is 0.133. The minimum Gasteiger partial charge on any atom is -0.485 e. The maximum absolute atomic E-state index is 14.9. The second-order valence-corrected chi connectivity index (χ2v) is 9.64. The van der Waals surface area contributed by atoms with Crippen LogP contribution in [0.2, 0.25) is 0 Å². The van der Waals surface area contributed by atoms with Crippen molar-refractivity contribution in [3.05, 3.63) is 113 Å². The number of hydrogen-bond donors (Lipinski definition) is 2. The molecule has 3 aromatic carbocycles. The van der Waals surface area contributed by atoms with E-state index in [4.69, 9.17) is 4.74 Å². The number of halogens is 1. The van der Waals surface area contributed by atoms with Crippen LogP contribution >= 0.6 is 0 Å². The number of aromatic nitrogens is 5. The molecular formula is C30H24FN7O2. The highest BCUT2D eigenvalue weighted by molar-refractivity contribution is 6.02. The smallest absolute Gasteiger partial charge is 0.267 e. The Kier molecular flexibility index (Phi) is 5.85. The maximum atomic E-state index is 14.9. The van der Waals surface area contributed by atoms with Gasteiger partial charge in [0.25, 0.3) is 5.56 Å². The molecule has 7 rings (SSSR count). The zero-order chi connectivity index (χ0) is 27.1. The van der Waals surface area contributed by atoms with Crippen LogP contribution in [0.3, 0.4) is 0 Å². The Hall–Kier alpha value is -5.25. The molecule has 1 aliphatic rings. The van der Waals surface area contributed by atoms with Gasteiger partial charge in [0, 0.05) is 12.7 Å². The number of hydrogen-bond acceptors (Lipinski definition) is 7. The molecule has 0 aliphatic carbocycles. The van der Waals surface area contributed by atoms with E-state index in [-0.39, 0.29) is 17.4 Å². The van der Waals surface area contributed by atoms with Crippen molar-refractivity contribution < 1.29 is 9.13 Å². The minimum atomic E-state index is -0.533. The molecular weight excluding hydrogens is 509 g/mol. The summed E-state index contributed by atoms with van der Waals surface area (Å²) in [5, 5.41) is 11.0. The number of pyridine rings is 1. The molecule has 4 heterocycles. The van der Waals surface area contributed by atoms with E-state index in [1.54, 1.807) is 24.4 Å². The first-order valence-corrected chi connectivity index (χ1v) is 12.9. The number of ether oxygens (including phenoxy) is 1. The molecule has 40 heavy (non-hydrogen) atoms. The van der Waals surface area contributed by atoms with Gasteiger partial charge in [-0.05, 0) is 29.8 Å². The lowest BCUT2D eigenvalue weighted by Crippen LogP contribution is -2.43. The number of rotatable bonds is 6. The van der Waals surface area contributed by atoms with E-state index < -0.39 is 11.4 Å². The molecule has 0 amide bonds. The molecule has 2 N–H and O–H groups in total. The van der Waals surface area contributed by atoms with Crippen LogP contribution < -0.4 is 20.5 Å². The molecule has 1 aliphatic heterocycles. The van der Waals surface area contributed by atoms with Crippen molar-refractivity contribution in [2.24, 2.45) is 0 Å². The van der Waals surface area contributed by atoms with Crippen LogP contribution in [0.15, 0.2) is 96.1 Å². The van der Waals surface area contributed by atoms with Crippen LogP contribution in [0.25, 0.3) is 27.6 Å². The zero-order valence-electron chi connectivity index (χ0n) is 21.3. The molecule has 1 atom stereocenters. The number of nitrogens with zero attached hydrogens (tertiary/aromatic N) is 5. The van der Waals surface area contributed by atoms with Crippen LogP contribution in [0.1, 0.15) is 5.56 Å². The Bertz CT molecular complexity index is 1900. The van der Waals surface area contributed by atoms with Gasteiger partial charge in [0.2, 0.25) is 5.95 Å². The van der Waals surface area contributed by atoms with Crippen molar-refractivity contribution in [1.82, 2.24) is 24.7 Å². The molecule has 3 aromatic heterocycles. The Morgan fingerprint density at radius 2 is 1.73 bits per heavy atom. The molecule has 6 aromatic rings. The first-order chi connectivity index (χ1) is 19.7. The lowest BCUT2D eigenvalue weighted by molar-refractivity contribution is 0.205. The largest absolute Gasteiger partial charge is 0.485 e.